The molecule has 20 heavy (non-hydrogen) atoms. The first-order chi connectivity index (χ1) is 9.72. The third-order valence-corrected chi connectivity index (χ3v) is 2.65. The van der Waals surface area contributed by atoms with Gasteiger partial charge in [0.15, 0.2) is 0 Å². The number of benzene rings is 1. The highest BCUT2D eigenvalue weighted by atomic mass is 16.1. The molecule has 0 fully saturated rings. The van der Waals surface area contributed by atoms with E-state index in [-0.39, 0.29) is 11.7 Å². The summed E-state index contributed by atoms with van der Waals surface area (Å²) in [4.78, 5) is 15.7. The molecule has 0 spiro atoms. The number of aromatic amines is 1. The highest BCUT2D eigenvalue weighted by molar-refractivity contribution is 6.03. The van der Waals surface area contributed by atoms with Gasteiger partial charge in [0.2, 0.25) is 0 Å². The van der Waals surface area contributed by atoms with Crippen molar-refractivity contribution in [1.29, 1.82) is 0 Å². The summed E-state index contributed by atoms with van der Waals surface area (Å²) in [6.45, 7) is 0. The van der Waals surface area contributed by atoms with Crippen molar-refractivity contribution in [2.75, 3.05) is 11.1 Å². The summed E-state index contributed by atoms with van der Waals surface area (Å²) in [6.07, 6.45) is 3.05. The molecule has 4 N–H and O–H groups in total. The number of hydrogen-bond acceptors (Lipinski definition) is 5. The van der Waals surface area contributed by atoms with Gasteiger partial charge in [-0.3, -0.25) is 9.89 Å². The molecule has 1 amide bonds. The van der Waals surface area contributed by atoms with Crippen molar-refractivity contribution in [3.05, 3.63) is 48.7 Å². The van der Waals surface area contributed by atoms with E-state index in [2.05, 4.69) is 25.6 Å². The number of carbonyl (C=O) groups excluding carboxylic acids is 1. The van der Waals surface area contributed by atoms with Crippen LogP contribution in [0.2, 0.25) is 0 Å². The van der Waals surface area contributed by atoms with Crippen LogP contribution < -0.4 is 11.1 Å². The molecule has 8 nitrogen and oxygen atoms in total. The number of rotatable bonds is 3. The van der Waals surface area contributed by atoms with E-state index in [0.29, 0.717) is 11.4 Å². The molecule has 8 heteroatoms. The quantitative estimate of drug-likeness (QED) is 0.651. The number of nitrogen functional groups attached to an aromatic ring is 1. The Kier molecular flexibility index (Phi) is 2.88. The van der Waals surface area contributed by atoms with Crippen molar-refractivity contribution in [1.82, 2.24) is 25.0 Å². The number of anilines is 2. The van der Waals surface area contributed by atoms with E-state index in [4.69, 9.17) is 5.73 Å². The SMILES string of the molecule is Nc1cc(C(=O)Nc2ccc(-n3cncn3)cc2)[nH]n1. The molecule has 1 aromatic carbocycles. The Labute approximate surface area is 113 Å². The van der Waals surface area contributed by atoms with Crippen LogP contribution in [0, 0.1) is 0 Å². The third-order valence-electron chi connectivity index (χ3n) is 2.65. The van der Waals surface area contributed by atoms with Gasteiger partial charge >= 0.3 is 0 Å². The van der Waals surface area contributed by atoms with Crippen LogP contribution in [0.15, 0.2) is 43.0 Å². The van der Waals surface area contributed by atoms with Gasteiger partial charge in [-0.05, 0) is 24.3 Å². The maximum atomic E-state index is 11.9. The Morgan fingerprint density at radius 3 is 2.70 bits per heavy atom. The fraction of sp³-hybridized carbons (Fsp3) is 0. The van der Waals surface area contributed by atoms with Crippen LogP contribution in [0.25, 0.3) is 5.69 Å². The number of H-pyrrole nitrogens is 1. The van der Waals surface area contributed by atoms with Crippen molar-refractivity contribution in [2.24, 2.45) is 0 Å². The molecule has 0 aliphatic carbocycles. The molecule has 0 aliphatic heterocycles. The number of aromatic nitrogens is 5. The molecule has 0 bridgehead atoms. The predicted octanol–water partition coefficient (Wildman–Crippen LogP) is 0.825. The van der Waals surface area contributed by atoms with Crippen LogP contribution >= 0.6 is 0 Å². The summed E-state index contributed by atoms with van der Waals surface area (Å²) < 4.78 is 1.63. The molecule has 0 radical (unpaired) electrons. The summed E-state index contributed by atoms with van der Waals surface area (Å²) in [7, 11) is 0. The van der Waals surface area contributed by atoms with Crippen molar-refractivity contribution in [2.45, 2.75) is 0 Å². The molecule has 0 saturated carbocycles. The van der Waals surface area contributed by atoms with Gasteiger partial charge in [0.05, 0.1) is 5.69 Å². The van der Waals surface area contributed by atoms with E-state index < -0.39 is 0 Å². The van der Waals surface area contributed by atoms with E-state index in [0.717, 1.165) is 5.69 Å². The maximum absolute atomic E-state index is 11.9. The van der Waals surface area contributed by atoms with Crippen molar-refractivity contribution >= 4 is 17.4 Å². The molecule has 0 unspecified atom stereocenters. The maximum Gasteiger partial charge on any atom is 0.273 e. The molecular formula is C12H11N7O. The predicted molar refractivity (Wildman–Crippen MR) is 72.3 cm³/mol. The average molecular weight is 269 g/mol. The number of amides is 1. The van der Waals surface area contributed by atoms with E-state index in [1.807, 2.05) is 12.1 Å². The molecule has 0 aliphatic rings. The van der Waals surface area contributed by atoms with E-state index in [9.17, 15) is 4.79 Å². The van der Waals surface area contributed by atoms with E-state index in [1.165, 1.54) is 12.4 Å². The zero-order valence-electron chi connectivity index (χ0n) is 10.3. The second-order valence-corrected chi connectivity index (χ2v) is 4.05. The fourth-order valence-corrected chi connectivity index (χ4v) is 1.69. The number of hydrogen-bond donors (Lipinski definition) is 3. The van der Waals surface area contributed by atoms with Crippen LogP contribution in [-0.4, -0.2) is 30.9 Å². The van der Waals surface area contributed by atoms with Gasteiger partial charge in [0.1, 0.15) is 24.2 Å². The summed E-state index contributed by atoms with van der Waals surface area (Å²) in [5, 5.41) is 13.0. The van der Waals surface area contributed by atoms with Gasteiger partial charge in [0.25, 0.3) is 5.91 Å². The highest BCUT2D eigenvalue weighted by Crippen LogP contribution is 2.13. The minimum Gasteiger partial charge on any atom is -0.382 e. The van der Waals surface area contributed by atoms with Crippen molar-refractivity contribution in [3.63, 3.8) is 0 Å². The molecule has 2 aromatic heterocycles. The largest absolute Gasteiger partial charge is 0.382 e. The zero-order chi connectivity index (χ0) is 13.9. The Morgan fingerprint density at radius 1 is 1.30 bits per heavy atom. The molecule has 0 saturated heterocycles. The van der Waals surface area contributed by atoms with Crippen LogP contribution in [0.1, 0.15) is 10.5 Å². The van der Waals surface area contributed by atoms with Gasteiger partial charge in [-0.25, -0.2) is 9.67 Å². The summed E-state index contributed by atoms with van der Waals surface area (Å²) in [6, 6.07) is 8.67. The molecule has 3 aromatic rings. The number of nitrogens with two attached hydrogens (primary N) is 1. The lowest BCUT2D eigenvalue weighted by molar-refractivity contribution is 0.102. The lowest BCUT2D eigenvalue weighted by Gasteiger charge is -2.05. The first kappa shape index (κ1) is 11.9. The Bertz CT molecular complexity index is 715. The van der Waals surface area contributed by atoms with Gasteiger partial charge in [-0.15, -0.1) is 0 Å². The Balaban J connectivity index is 1.74. The number of carbonyl (C=O) groups is 1. The summed E-state index contributed by atoms with van der Waals surface area (Å²) in [5.74, 6) is -0.0283. The van der Waals surface area contributed by atoms with Gasteiger partial charge in [-0.1, -0.05) is 0 Å². The minimum absolute atomic E-state index is 0.275. The average Bonchev–Trinajstić information content (AvgIpc) is 3.10. The van der Waals surface area contributed by atoms with Crippen LogP contribution in [0.3, 0.4) is 0 Å². The van der Waals surface area contributed by atoms with E-state index >= 15 is 0 Å². The Morgan fingerprint density at radius 2 is 2.10 bits per heavy atom. The molecule has 100 valence electrons. The normalized spacial score (nSPS) is 10.4. The lowest BCUT2D eigenvalue weighted by atomic mass is 10.2. The van der Waals surface area contributed by atoms with Crippen LogP contribution in [0.4, 0.5) is 11.5 Å². The van der Waals surface area contributed by atoms with Crippen LogP contribution in [0.5, 0.6) is 0 Å². The highest BCUT2D eigenvalue weighted by Gasteiger charge is 2.09. The first-order valence-corrected chi connectivity index (χ1v) is 5.80. The molecule has 3 rings (SSSR count). The monoisotopic (exact) mass is 269 g/mol. The van der Waals surface area contributed by atoms with E-state index in [1.54, 1.807) is 23.1 Å². The van der Waals surface area contributed by atoms with Crippen molar-refractivity contribution < 1.29 is 4.79 Å². The van der Waals surface area contributed by atoms with Crippen molar-refractivity contribution in [3.8, 4) is 5.69 Å². The van der Waals surface area contributed by atoms with Gasteiger partial charge < -0.3 is 11.1 Å². The molecular weight excluding hydrogens is 258 g/mol. The molecule has 0 atom stereocenters. The van der Waals surface area contributed by atoms with Gasteiger partial charge in [0, 0.05) is 11.8 Å². The topological polar surface area (TPSA) is 115 Å². The summed E-state index contributed by atoms with van der Waals surface area (Å²) >= 11 is 0. The Hall–Kier alpha value is -3.16. The fourth-order valence-electron chi connectivity index (χ4n) is 1.69. The minimum atomic E-state index is -0.303. The zero-order valence-corrected chi connectivity index (χ0v) is 10.3. The second-order valence-electron chi connectivity index (χ2n) is 4.05. The standard InChI is InChI=1S/C12H11N7O/c13-11-5-10(17-18-11)12(20)16-8-1-3-9(4-2-8)19-7-14-6-15-19/h1-7H,(H,16,20)(H3,13,17,18). The second kappa shape index (κ2) is 4.84. The smallest absolute Gasteiger partial charge is 0.273 e. The first-order valence-electron chi connectivity index (χ1n) is 5.80. The lowest BCUT2D eigenvalue weighted by Crippen LogP contribution is -2.12. The summed E-state index contributed by atoms with van der Waals surface area (Å²) in [5.41, 5.74) is 7.27. The number of nitrogens with one attached hydrogen (secondary N) is 2. The molecule has 2 heterocycles. The number of nitrogens with zero attached hydrogens (tertiary/aromatic N) is 4. The third kappa shape index (κ3) is 2.34. The van der Waals surface area contributed by atoms with Crippen LogP contribution in [-0.2, 0) is 0 Å². The van der Waals surface area contributed by atoms with Gasteiger partial charge in [-0.2, -0.15) is 10.2 Å².